The van der Waals surface area contributed by atoms with E-state index in [1.54, 1.807) is 0 Å². The predicted octanol–water partition coefficient (Wildman–Crippen LogP) is 1.08. The maximum absolute atomic E-state index is 9.23. The smallest absolute Gasteiger partial charge is 0.0679 e. The molecular weight excluding hydrogens is 206 g/mol. The topological polar surface area (TPSA) is 23.5 Å². The summed E-state index contributed by atoms with van der Waals surface area (Å²) in [5.74, 6) is 0.695. The molecule has 0 aromatic rings. The van der Waals surface area contributed by atoms with Crippen molar-refractivity contribution in [3.05, 3.63) is 0 Å². The van der Waals surface area contributed by atoms with E-state index in [4.69, 9.17) is 0 Å². The van der Waals surface area contributed by atoms with Crippen LogP contribution in [0.1, 0.15) is 13.3 Å². The molecule has 0 saturated carbocycles. The molecule has 66 valence electrons. The highest BCUT2D eigenvalue weighted by molar-refractivity contribution is 9.09. The fraction of sp³-hybridized carbons (Fsp3) is 1.00. The Morgan fingerprint density at radius 1 is 1.73 bits per heavy atom. The van der Waals surface area contributed by atoms with E-state index >= 15 is 0 Å². The van der Waals surface area contributed by atoms with Crippen LogP contribution in [-0.4, -0.2) is 41.1 Å². The molecule has 1 heterocycles. The Labute approximate surface area is 76.7 Å². The van der Waals surface area contributed by atoms with Gasteiger partial charge in [0, 0.05) is 25.0 Å². The van der Waals surface area contributed by atoms with Crippen LogP contribution in [0.2, 0.25) is 0 Å². The number of aliphatic hydroxyl groups is 1. The normalized spacial score (nSPS) is 29.2. The Morgan fingerprint density at radius 3 is 2.91 bits per heavy atom. The molecule has 11 heavy (non-hydrogen) atoms. The summed E-state index contributed by atoms with van der Waals surface area (Å²) in [6.07, 6.45) is 0.882. The molecule has 0 bridgehead atoms. The standard InChI is InChI=1S/C8H16BrNO/c1-7(4-9)5-10-3-2-8(11)6-10/h7-8,11H,2-6H2,1H3/t7?,8-/m0/s1. The number of aliphatic hydroxyl groups excluding tert-OH is 1. The van der Waals surface area contributed by atoms with Gasteiger partial charge < -0.3 is 10.0 Å². The zero-order valence-corrected chi connectivity index (χ0v) is 8.55. The van der Waals surface area contributed by atoms with Gasteiger partial charge >= 0.3 is 0 Å². The monoisotopic (exact) mass is 221 g/mol. The summed E-state index contributed by atoms with van der Waals surface area (Å²) in [6.45, 7) is 5.28. The van der Waals surface area contributed by atoms with Crippen LogP contribution in [0, 0.1) is 5.92 Å². The molecule has 0 spiro atoms. The van der Waals surface area contributed by atoms with Gasteiger partial charge in [-0.05, 0) is 12.3 Å². The van der Waals surface area contributed by atoms with Gasteiger partial charge in [0.1, 0.15) is 0 Å². The van der Waals surface area contributed by atoms with E-state index in [0.717, 1.165) is 31.4 Å². The van der Waals surface area contributed by atoms with E-state index in [2.05, 4.69) is 27.8 Å². The molecule has 1 rings (SSSR count). The third-order valence-electron chi connectivity index (χ3n) is 2.08. The van der Waals surface area contributed by atoms with Crippen LogP contribution in [0.4, 0.5) is 0 Å². The van der Waals surface area contributed by atoms with Crippen molar-refractivity contribution in [1.82, 2.24) is 4.90 Å². The molecule has 1 aliphatic heterocycles. The second kappa shape index (κ2) is 4.43. The number of hydrogen-bond donors (Lipinski definition) is 1. The summed E-state index contributed by atoms with van der Waals surface area (Å²) in [7, 11) is 0. The van der Waals surface area contributed by atoms with Crippen molar-refractivity contribution in [2.24, 2.45) is 5.92 Å². The van der Waals surface area contributed by atoms with Gasteiger partial charge in [-0.25, -0.2) is 0 Å². The van der Waals surface area contributed by atoms with Crippen molar-refractivity contribution < 1.29 is 5.11 Å². The van der Waals surface area contributed by atoms with Crippen molar-refractivity contribution in [2.45, 2.75) is 19.4 Å². The van der Waals surface area contributed by atoms with Crippen LogP contribution in [0.25, 0.3) is 0 Å². The predicted molar refractivity (Wildman–Crippen MR) is 50.0 cm³/mol. The summed E-state index contributed by atoms with van der Waals surface area (Å²) in [4.78, 5) is 2.33. The zero-order valence-electron chi connectivity index (χ0n) is 6.96. The van der Waals surface area contributed by atoms with Gasteiger partial charge in [0.2, 0.25) is 0 Å². The van der Waals surface area contributed by atoms with Crippen LogP contribution in [-0.2, 0) is 0 Å². The van der Waals surface area contributed by atoms with E-state index in [-0.39, 0.29) is 6.10 Å². The van der Waals surface area contributed by atoms with Crippen molar-refractivity contribution in [3.63, 3.8) is 0 Å². The van der Waals surface area contributed by atoms with E-state index in [0.29, 0.717) is 5.92 Å². The van der Waals surface area contributed by atoms with Gasteiger partial charge in [0.25, 0.3) is 0 Å². The van der Waals surface area contributed by atoms with Crippen molar-refractivity contribution >= 4 is 15.9 Å². The van der Waals surface area contributed by atoms with Crippen molar-refractivity contribution in [1.29, 1.82) is 0 Å². The fourth-order valence-corrected chi connectivity index (χ4v) is 1.67. The van der Waals surface area contributed by atoms with Gasteiger partial charge in [0.05, 0.1) is 6.10 Å². The third kappa shape index (κ3) is 3.09. The maximum atomic E-state index is 9.23. The van der Waals surface area contributed by atoms with Gasteiger partial charge in [-0.1, -0.05) is 22.9 Å². The first-order valence-electron chi connectivity index (χ1n) is 4.18. The van der Waals surface area contributed by atoms with Crippen molar-refractivity contribution in [2.75, 3.05) is 25.0 Å². The molecule has 1 fully saturated rings. The summed E-state index contributed by atoms with van der Waals surface area (Å²) in [5, 5.41) is 10.3. The molecule has 1 unspecified atom stereocenters. The highest BCUT2D eigenvalue weighted by Gasteiger charge is 2.20. The van der Waals surface area contributed by atoms with Crippen LogP contribution < -0.4 is 0 Å². The minimum Gasteiger partial charge on any atom is -0.392 e. The van der Waals surface area contributed by atoms with Crippen LogP contribution in [0.3, 0.4) is 0 Å². The first-order chi connectivity index (χ1) is 5.22. The Morgan fingerprint density at radius 2 is 2.45 bits per heavy atom. The van der Waals surface area contributed by atoms with Crippen LogP contribution >= 0.6 is 15.9 Å². The lowest BCUT2D eigenvalue weighted by Gasteiger charge is -2.18. The highest BCUT2D eigenvalue weighted by atomic mass is 79.9. The second-order valence-electron chi connectivity index (χ2n) is 3.46. The number of nitrogens with zero attached hydrogens (tertiary/aromatic N) is 1. The summed E-state index contributed by atoms with van der Waals surface area (Å²) < 4.78 is 0. The lowest BCUT2D eigenvalue weighted by molar-refractivity contribution is 0.172. The van der Waals surface area contributed by atoms with Gasteiger partial charge in [0.15, 0.2) is 0 Å². The maximum Gasteiger partial charge on any atom is 0.0679 e. The van der Waals surface area contributed by atoms with Crippen molar-refractivity contribution in [3.8, 4) is 0 Å². The Balaban J connectivity index is 2.17. The fourth-order valence-electron chi connectivity index (χ4n) is 1.47. The SMILES string of the molecule is CC(CBr)CN1CC[C@H](O)C1. The quantitative estimate of drug-likeness (QED) is 0.722. The van der Waals surface area contributed by atoms with E-state index in [1.807, 2.05) is 0 Å². The molecular formula is C8H16BrNO. The molecule has 0 aromatic carbocycles. The minimum absolute atomic E-state index is 0.0717. The van der Waals surface area contributed by atoms with Crippen LogP contribution in [0.5, 0.6) is 0 Å². The largest absolute Gasteiger partial charge is 0.392 e. The first-order valence-corrected chi connectivity index (χ1v) is 5.31. The molecule has 0 radical (unpaired) electrons. The molecule has 0 aromatic heterocycles. The number of hydrogen-bond acceptors (Lipinski definition) is 2. The van der Waals surface area contributed by atoms with Gasteiger partial charge in [-0.2, -0.15) is 0 Å². The summed E-state index contributed by atoms with van der Waals surface area (Å²) in [6, 6.07) is 0. The molecule has 1 saturated heterocycles. The number of rotatable bonds is 3. The Bertz CT molecular complexity index is 121. The molecule has 0 aliphatic carbocycles. The molecule has 2 nitrogen and oxygen atoms in total. The second-order valence-corrected chi connectivity index (χ2v) is 4.11. The molecule has 0 amide bonds. The minimum atomic E-state index is -0.0717. The van der Waals surface area contributed by atoms with E-state index < -0.39 is 0 Å². The number of halogens is 1. The molecule has 1 aliphatic rings. The van der Waals surface area contributed by atoms with Gasteiger partial charge in [-0.3, -0.25) is 0 Å². The highest BCUT2D eigenvalue weighted by Crippen LogP contribution is 2.11. The first kappa shape index (κ1) is 9.49. The number of likely N-dealkylation sites (tertiary alicyclic amines) is 1. The van der Waals surface area contributed by atoms with Crippen LogP contribution in [0.15, 0.2) is 0 Å². The van der Waals surface area contributed by atoms with E-state index in [9.17, 15) is 5.11 Å². The average Bonchev–Trinajstić information content (AvgIpc) is 2.35. The lowest BCUT2D eigenvalue weighted by Crippen LogP contribution is -2.27. The Hall–Kier alpha value is 0.400. The number of alkyl halides is 1. The molecule has 2 atom stereocenters. The summed E-state index contributed by atoms with van der Waals surface area (Å²) >= 11 is 3.45. The number of β-amino-alcohol motifs (C(OH)–C–C–N with tert-alkyl or cyclic N) is 1. The molecule has 3 heteroatoms. The van der Waals surface area contributed by atoms with Gasteiger partial charge in [-0.15, -0.1) is 0 Å². The summed E-state index contributed by atoms with van der Waals surface area (Å²) in [5.41, 5.74) is 0. The van der Waals surface area contributed by atoms with E-state index in [1.165, 1.54) is 0 Å². The third-order valence-corrected chi connectivity index (χ3v) is 3.19. The zero-order chi connectivity index (χ0) is 8.27. The average molecular weight is 222 g/mol. The molecule has 1 N–H and O–H groups in total. The Kier molecular flexibility index (Phi) is 3.82. The lowest BCUT2D eigenvalue weighted by atomic mass is 10.2.